The van der Waals surface area contributed by atoms with E-state index in [9.17, 15) is 4.21 Å². The summed E-state index contributed by atoms with van der Waals surface area (Å²) in [6, 6.07) is 6.10. The highest BCUT2D eigenvalue weighted by molar-refractivity contribution is 7.85. The Hall–Kier alpha value is -0.670. The molecule has 0 aromatic heterocycles. The molecule has 0 aliphatic carbocycles. The van der Waals surface area contributed by atoms with Gasteiger partial charge in [0.2, 0.25) is 0 Å². The van der Waals surface area contributed by atoms with Crippen molar-refractivity contribution >= 4 is 10.8 Å². The summed E-state index contributed by atoms with van der Waals surface area (Å²) in [4.78, 5) is 0.964. The fraction of sp³-hybridized carbons (Fsp3) is 0.571. The van der Waals surface area contributed by atoms with Crippen LogP contribution < -0.4 is 5.32 Å². The van der Waals surface area contributed by atoms with Crippen molar-refractivity contribution in [3.05, 3.63) is 29.3 Å². The van der Waals surface area contributed by atoms with Crippen LogP contribution in [0, 0.1) is 13.8 Å². The molecule has 0 radical (unpaired) electrons. The third-order valence-corrected chi connectivity index (χ3v) is 4.04. The van der Waals surface area contributed by atoms with E-state index in [1.54, 1.807) is 0 Å². The van der Waals surface area contributed by atoms with E-state index in [4.69, 9.17) is 0 Å². The monoisotopic (exact) mass is 253 g/mol. The summed E-state index contributed by atoms with van der Waals surface area (Å²) in [5.41, 5.74) is 2.43. The number of hydrogen-bond donors (Lipinski definition) is 1. The average molecular weight is 253 g/mol. The average Bonchev–Trinajstić information content (AvgIpc) is 2.15. The van der Waals surface area contributed by atoms with Gasteiger partial charge in [0.1, 0.15) is 0 Å². The van der Waals surface area contributed by atoms with Crippen LogP contribution in [0.25, 0.3) is 0 Å². The van der Waals surface area contributed by atoms with E-state index < -0.39 is 10.8 Å². The lowest BCUT2D eigenvalue weighted by Crippen LogP contribution is -2.38. The molecule has 1 aromatic carbocycles. The number of hydrogen-bond acceptors (Lipinski definition) is 2. The zero-order valence-corrected chi connectivity index (χ0v) is 12.3. The quantitative estimate of drug-likeness (QED) is 0.894. The minimum Gasteiger partial charge on any atom is -0.311 e. The second kappa shape index (κ2) is 5.78. The van der Waals surface area contributed by atoms with Crippen LogP contribution in [0.5, 0.6) is 0 Å². The molecule has 17 heavy (non-hydrogen) atoms. The molecule has 0 saturated carbocycles. The van der Waals surface area contributed by atoms with Crippen LogP contribution in [0.2, 0.25) is 0 Å². The van der Waals surface area contributed by atoms with Gasteiger partial charge in [-0.25, -0.2) is 0 Å². The fourth-order valence-corrected chi connectivity index (χ4v) is 2.83. The van der Waals surface area contributed by atoms with E-state index in [1.807, 2.05) is 19.1 Å². The van der Waals surface area contributed by atoms with Crippen molar-refractivity contribution in [3.63, 3.8) is 0 Å². The first-order valence-electron chi connectivity index (χ1n) is 6.00. The van der Waals surface area contributed by atoms with Crippen molar-refractivity contribution in [2.45, 2.75) is 45.1 Å². The second-order valence-electron chi connectivity index (χ2n) is 5.50. The van der Waals surface area contributed by atoms with Gasteiger partial charge in [0, 0.05) is 22.7 Å². The molecule has 0 aliphatic rings. The van der Waals surface area contributed by atoms with Crippen LogP contribution in [0.1, 0.15) is 31.9 Å². The third-order valence-electron chi connectivity index (χ3n) is 2.52. The molecule has 0 bridgehead atoms. The Bertz CT molecular complexity index is 407. The van der Waals surface area contributed by atoms with Gasteiger partial charge in [-0.1, -0.05) is 17.7 Å². The lowest BCUT2D eigenvalue weighted by Gasteiger charge is -2.20. The summed E-state index contributed by atoms with van der Waals surface area (Å²) in [6.45, 7) is 11.2. The van der Waals surface area contributed by atoms with Crippen LogP contribution in [0.4, 0.5) is 0 Å². The summed E-state index contributed by atoms with van der Waals surface area (Å²) in [5.74, 6) is 0.668. The SMILES string of the molecule is Cc1ccc(S(=O)CCNC(C)(C)C)c(C)c1. The number of benzene rings is 1. The van der Waals surface area contributed by atoms with E-state index in [1.165, 1.54) is 5.56 Å². The molecular weight excluding hydrogens is 230 g/mol. The molecule has 0 heterocycles. The Labute approximate surface area is 107 Å². The van der Waals surface area contributed by atoms with Gasteiger partial charge in [0.05, 0.1) is 10.8 Å². The number of rotatable bonds is 4. The summed E-state index contributed by atoms with van der Waals surface area (Å²) in [5, 5.41) is 3.36. The van der Waals surface area contributed by atoms with Crippen molar-refractivity contribution in [3.8, 4) is 0 Å². The maximum Gasteiger partial charge on any atom is 0.0545 e. The highest BCUT2D eigenvalue weighted by atomic mass is 32.2. The zero-order chi connectivity index (χ0) is 13.1. The van der Waals surface area contributed by atoms with Crippen LogP contribution >= 0.6 is 0 Å². The van der Waals surface area contributed by atoms with E-state index in [0.717, 1.165) is 17.0 Å². The smallest absolute Gasteiger partial charge is 0.0545 e. The van der Waals surface area contributed by atoms with Gasteiger partial charge in [0.15, 0.2) is 0 Å². The van der Waals surface area contributed by atoms with Crippen LogP contribution in [0.3, 0.4) is 0 Å². The minimum atomic E-state index is -0.900. The first-order valence-corrected chi connectivity index (χ1v) is 7.32. The summed E-state index contributed by atoms with van der Waals surface area (Å²) in [7, 11) is -0.900. The normalized spacial score (nSPS) is 13.7. The Kier molecular flexibility index (Phi) is 4.90. The molecule has 0 saturated heterocycles. The lowest BCUT2D eigenvalue weighted by atomic mass is 10.1. The van der Waals surface area contributed by atoms with Crippen LogP contribution in [-0.4, -0.2) is 22.0 Å². The van der Waals surface area contributed by atoms with Crippen molar-refractivity contribution in [2.75, 3.05) is 12.3 Å². The molecule has 1 aromatic rings. The highest BCUT2D eigenvalue weighted by Gasteiger charge is 2.11. The Morgan fingerprint density at radius 3 is 2.41 bits per heavy atom. The molecule has 1 unspecified atom stereocenters. The minimum absolute atomic E-state index is 0.0898. The topological polar surface area (TPSA) is 29.1 Å². The summed E-state index contributed by atoms with van der Waals surface area (Å²) in [6.07, 6.45) is 0. The summed E-state index contributed by atoms with van der Waals surface area (Å²) < 4.78 is 12.1. The molecule has 96 valence electrons. The van der Waals surface area contributed by atoms with Crippen LogP contribution in [0.15, 0.2) is 23.1 Å². The molecule has 0 spiro atoms. The van der Waals surface area contributed by atoms with Crippen LogP contribution in [-0.2, 0) is 10.8 Å². The predicted molar refractivity (Wildman–Crippen MR) is 74.9 cm³/mol. The molecule has 0 fully saturated rings. The van der Waals surface area contributed by atoms with Crippen molar-refractivity contribution < 1.29 is 4.21 Å². The number of nitrogens with one attached hydrogen (secondary N) is 1. The molecule has 0 aliphatic heterocycles. The van der Waals surface area contributed by atoms with Gasteiger partial charge in [-0.05, 0) is 46.2 Å². The molecule has 1 N–H and O–H groups in total. The highest BCUT2D eigenvalue weighted by Crippen LogP contribution is 2.14. The van der Waals surface area contributed by atoms with E-state index in [2.05, 4.69) is 39.1 Å². The second-order valence-corrected chi connectivity index (χ2v) is 7.03. The Morgan fingerprint density at radius 1 is 1.24 bits per heavy atom. The predicted octanol–water partition coefficient (Wildman–Crippen LogP) is 2.80. The van der Waals surface area contributed by atoms with Gasteiger partial charge in [-0.3, -0.25) is 4.21 Å². The molecular formula is C14H23NOS. The van der Waals surface area contributed by atoms with Crippen molar-refractivity contribution in [1.82, 2.24) is 5.32 Å². The third kappa shape index (κ3) is 5.00. The lowest BCUT2D eigenvalue weighted by molar-refractivity contribution is 0.440. The van der Waals surface area contributed by atoms with Crippen molar-refractivity contribution in [2.24, 2.45) is 0 Å². The Balaban J connectivity index is 2.59. The standard InChI is InChI=1S/C14H23NOS/c1-11-6-7-13(12(2)10-11)17(16)9-8-15-14(3,4)5/h6-7,10,15H,8-9H2,1-5H3. The van der Waals surface area contributed by atoms with Gasteiger partial charge in [-0.2, -0.15) is 0 Å². The fourth-order valence-electron chi connectivity index (χ4n) is 1.68. The van der Waals surface area contributed by atoms with Gasteiger partial charge >= 0.3 is 0 Å². The Morgan fingerprint density at radius 2 is 1.88 bits per heavy atom. The molecule has 3 heteroatoms. The van der Waals surface area contributed by atoms with E-state index >= 15 is 0 Å². The van der Waals surface area contributed by atoms with Gasteiger partial charge in [0.25, 0.3) is 0 Å². The first kappa shape index (κ1) is 14.4. The zero-order valence-electron chi connectivity index (χ0n) is 11.5. The maximum absolute atomic E-state index is 12.1. The maximum atomic E-state index is 12.1. The number of aryl methyl sites for hydroxylation is 2. The molecule has 2 nitrogen and oxygen atoms in total. The van der Waals surface area contributed by atoms with Crippen molar-refractivity contribution in [1.29, 1.82) is 0 Å². The molecule has 1 rings (SSSR count). The van der Waals surface area contributed by atoms with E-state index in [-0.39, 0.29) is 5.54 Å². The van der Waals surface area contributed by atoms with Gasteiger partial charge in [-0.15, -0.1) is 0 Å². The van der Waals surface area contributed by atoms with E-state index in [0.29, 0.717) is 5.75 Å². The first-order chi connectivity index (χ1) is 7.79. The summed E-state index contributed by atoms with van der Waals surface area (Å²) >= 11 is 0. The molecule has 0 amide bonds. The largest absolute Gasteiger partial charge is 0.311 e. The molecule has 1 atom stereocenters. The van der Waals surface area contributed by atoms with Gasteiger partial charge < -0.3 is 5.32 Å².